The van der Waals surface area contributed by atoms with Gasteiger partial charge in [0.1, 0.15) is 5.01 Å². The summed E-state index contributed by atoms with van der Waals surface area (Å²) in [7, 11) is 1.66. The van der Waals surface area contributed by atoms with Crippen LogP contribution in [0.25, 0.3) is 0 Å². The van der Waals surface area contributed by atoms with Gasteiger partial charge in [0.15, 0.2) is 11.7 Å². The standard InChI is InChI=1S/C15H23F3N4S/c1-9-4-10(2)6-11(5-9)21-14(19-3)20-7-13-22-12(8-23-13)15(16,17)18/h8-11H,4-7H2,1-3H3,(H2,19,20,21). The molecule has 2 N–H and O–H groups in total. The van der Waals surface area contributed by atoms with Crippen molar-refractivity contribution < 1.29 is 13.2 Å². The third kappa shape index (κ3) is 5.37. The minimum Gasteiger partial charge on any atom is -0.354 e. The molecule has 2 atom stereocenters. The van der Waals surface area contributed by atoms with Crippen LogP contribution in [-0.2, 0) is 12.7 Å². The van der Waals surface area contributed by atoms with Crippen molar-refractivity contribution in [2.24, 2.45) is 16.8 Å². The lowest BCUT2D eigenvalue weighted by molar-refractivity contribution is -0.140. The average molecular weight is 348 g/mol. The predicted molar refractivity (Wildman–Crippen MR) is 86.4 cm³/mol. The van der Waals surface area contributed by atoms with E-state index in [-0.39, 0.29) is 6.54 Å². The molecular weight excluding hydrogens is 325 g/mol. The molecule has 0 saturated heterocycles. The average Bonchev–Trinajstić information content (AvgIpc) is 2.91. The molecule has 0 amide bonds. The zero-order chi connectivity index (χ0) is 17.0. The van der Waals surface area contributed by atoms with Crippen LogP contribution in [0, 0.1) is 11.8 Å². The highest BCUT2D eigenvalue weighted by Gasteiger charge is 2.33. The van der Waals surface area contributed by atoms with Crippen molar-refractivity contribution in [3.05, 3.63) is 16.1 Å². The Morgan fingerprint density at radius 2 is 1.96 bits per heavy atom. The number of hydrogen-bond donors (Lipinski definition) is 2. The maximum Gasteiger partial charge on any atom is 0.434 e. The predicted octanol–water partition coefficient (Wildman–Crippen LogP) is 3.65. The van der Waals surface area contributed by atoms with Crippen LogP contribution < -0.4 is 10.6 Å². The summed E-state index contributed by atoms with van der Waals surface area (Å²) in [6.07, 6.45) is -0.979. The Morgan fingerprint density at radius 3 is 2.48 bits per heavy atom. The Labute approximate surface area is 138 Å². The zero-order valence-electron chi connectivity index (χ0n) is 13.6. The van der Waals surface area contributed by atoms with E-state index in [0.717, 1.165) is 29.6 Å². The SMILES string of the molecule is CN=C(NCc1nc(C(F)(F)F)cs1)NC1CC(C)CC(C)C1. The number of hydrogen-bond acceptors (Lipinski definition) is 3. The Morgan fingerprint density at radius 1 is 1.30 bits per heavy atom. The number of nitrogens with zero attached hydrogens (tertiary/aromatic N) is 2. The summed E-state index contributed by atoms with van der Waals surface area (Å²) < 4.78 is 37.6. The van der Waals surface area contributed by atoms with Crippen molar-refractivity contribution >= 4 is 17.3 Å². The molecule has 4 nitrogen and oxygen atoms in total. The van der Waals surface area contributed by atoms with E-state index in [4.69, 9.17) is 0 Å². The third-order valence-electron chi connectivity index (χ3n) is 3.99. The van der Waals surface area contributed by atoms with Gasteiger partial charge in [0, 0.05) is 18.5 Å². The summed E-state index contributed by atoms with van der Waals surface area (Å²) >= 11 is 0.999. The normalized spacial score (nSPS) is 26.2. The third-order valence-corrected chi connectivity index (χ3v) is 4.84. The molecule has 0 spiro atoms. The number of guanidine groups is 1. The summed E-state index contributed by atoms with van der Waals surface area (Å²) in [6, 6.07) is 0.349. The molecule has 1 saturated carbocycles. The van der Waals surface area contributed by atoms with E-state index in [9.17, 15) is 13.2 Å². The summed E-state index contributed by atoms with van der Waals surface area (Å²) in [5.41, 5.74) is -0.836. The zero-order valence-corrected chi connectivity index (χ0v) is 14.4. The Bertz CT molecular complexity index is 531. The summed E-state index contributed by atoms with van der Waals surface area (Å²) in [4.78, 5) is 7.76. The topological polar surface area (TPSA) is 49.3 Å². The Hall–Kier alpha value is -1.31. The first-order valence-electron chi connectivity index (χ1n) is 7.76. The lowest BCUT2D eigenvalue weighted by Gasteiger charge is -2.32. The first kappa shape index (κ1) is 18.0. The number of nitrogens with one attached hydrogen (secondary N) is 2. The molecule has 0 bridgehead atoms. The monoisotopic (exact) mass is 348 g/mol. The van der Waals surface area contributed by atoms with Crippen LogP contribution in [0.5, 0.6) is 0 Å². The Balaban J connectivity index is 1.87. The van der Waals surface area contributed by atoms with Gasteiger partial charge >= 0.3 is 6.18 Å². The highest BCUT2D eigenvalue weighted by molar-refractivity contribution is 7.09. The van der Waals surface area contributed by atoms with Gasteiger partial charge in [-0.15, -0.1) is 11.3 Å². The summed E-state index contributed by atoms with van der Waals surface area (Å²) in [5.74, 6) is 1.95. The highest BCUT2D eigenvalue weighted by Crippen LogP contribution is 2.30. The highest BCUT2D eigenvalue weighted by atomic mass is 32.1. The van der Waals surface area contributed by atoms with Crippen molar-refractivity contribution in [1.82, 2.24) is 15.6 Å². The van der Waals surface area contributed by atoms with Crippen LogP contribution in [0.1, 0.15) is 43.8 Å². The van der Waals surface area contributed by atoms with E-state index < -0.39 is 11.9 Å². The molecule has 2 rings (SSSR count). The molecule has 0 aliphatic heterocycles. The van der Waals surface area contributed by atoms with E-state index in [1.807, 2.05) is 0 Å². The van der Waals surface area contributed by atoms with Gasteiger partial charge in [-0.2, -0.15) is 13.2 Å². The molecule has 1 heterocycles. The quantitative estimate of drug-likeness (QED) is 0.647. The maximum absolute atomic E-state index is 12.5. The van der Waals surface area contributed by atoms with Crippen molar-refractivity contribution in [3.63, 3.8) is 0 Å². The molecule has 1 aliphatic carbocycles. The van der Waals surface area contributed by atoms with Crippen molar-refractivity contribution in [1.29, 1.82) is 0 Å². The summed E-state index contributed by atoms with van der Waals surface area (Å²) in [6.45, 7) is 4.72. The van der Waals surface area contributed by atoms with E-state index in [2.05, 4.69) is 34.5 Å². The lowest BCUT2D eigenvalue weighted by atomic mass is 9.80. The van der Waals surface area contributed by atoms with E-state index in [0.29, 0.717) is 28.8 Å². The number of alkyl halides is 3. The molecule has 1 aromatic rings. The second-order valence-corrected chi connectivity index (χ2v) is 7.25. The van der Waals surface area contributed by atoms with Crippen molar-refractivity contribution in [2.75, 3.05) is 7.05 Å². The fourth-order valence-electron chi connectivity index (χ4n) is 3.13. The van der Waals surface area contributed by atoms with Crippen molar-refractivity contribution in [2.45, 2.75) is 51.9 Å². The van der Waals surface area contributed by atoms with Gasteiger partial charge in [-0.05, 0) is 31.1 Å². The van der Waals surface area contributed by atoms with Crippen molar-refractivity contribution in [3.8, 4) is 0 Å². The molecule has 1 aliphatic rings. The number of aromatic nitrogens is 1. The molecule has 2 unspecified atom stereocenters. The second-order valence-electron chi connectivity index (χ2n) is 6.31. The minimum absolute atomic E-state index is 0.234. The smallest absolute Gasteiger partial charge is 0.354 e. The number of rotatable bonds is 3. The molecule has 0 aromatic carbocycles. The van der Waals surface area contributed by atoms with Gasteiger partial charge < -0.3 is 10.6 Å². The van der Waals surface area contributed by atoms with Gasteiger partial charge in [0.05, 0.1) is 6.54 Å². The largest absolute Gasteiger partial charge is 0.434 e. The van der Waals surface area contributed by atoms with Gasteiger partial charge in [0.25, 0.3) is 0 Å². The van der Waals surface area contributed by atoms with Crippen LogP contribution in [0.2, 0.25) is 0 Å². The fourth-order valence-corrected chi connectivity index (χ4v) is 3.87. The van der Waals surface area contributed by atoms with E-state index >= 15 is 0 Å². The van der Waals surface area contributed by atoms with E-state index in [1.54, 1.807) is 7.05 Å². The fraction of sp³-hybridized carbons (Fsp3) is 0.733. The minimum atomic E-state index is -4.39. The van der Waals surface area contributed by atoms with Gasteiger partial charge in [-0.25, -0.2) is 4.98 Å². The van der Waals surface area contributed by atoms with E-state index in [1.165, 1.54) is 6.42 Å². The number of aliphatic imine (C=N–C) groups is 1. The molecule has 130 valence electrons. The van der Waals surface area contributed by atoms with Crippen LogP contribution in [-0.4, -0.2) is 24.0 Å². The van der Waals surface area contributed by atoms with Crippen LogP contribution >= 0.6 is 11.3 Å². The van der Waals surface area contributed by atoms with Gasteiger partial charge in [-0.3, -0.25) is 4.99 Å². The maximum atomic E-state index is 12.5. The summed E-state index contributed by atoms with van der Waals surface area (Å²) in [5, 5.41) is 7.85. The van der Waals surface area contributed by atoms with Crippen LogP contribution in [0.15, 0.2) is 10.4 Å². The molecular formula is C15H23F3N4S. The van der Waals surface area contributed by atoms with Crippen LogP contribution in [0.3, 0.4) is 0 Å². The molecule has 23 heavy (non-hydrogen) atoms. The van der Waals surface area contributed by atoms with Gasteiger partial charge in [-0.1, -0.05) is 13.8 Å². The van der Waals surface area contributed by atoms with Crippen LogP contribution in [0.4, 0.5) is 13.2 Å². The second kappa shape index (κ2) is 7.51. The first-order valence-corrected chi connectivity index (χ1v) is 8.64. The molecule has 1 fully saturated rings. The first-order chi connectivity index (χ1) is 10.8. The van der Waals surface area contributed by atoms with Gasteiger partial charge in [0.2, 0.25) is 0 Å². The Kier molecular flexibility index (Phi) is 5.89. The molecule has 0 radical (unpaired) electrons. The number of halogens is 3. The molecule has 1 aromatic heterocycles. The molecule has 8 heteroatoms. The number of thiazole rings is 1. The lowest BCUT2D eigenvalue weighted by Crippen LogP contribution is -2.45.